The van der Waals surface area contributed by atoms with E-state index in [0.29, 0.717) is 37.1 Å². The highest BCUT2D eigenvalue weighted by Crippen LogP contribution is 2.18. The van der Waals surface area contributed by atoms with Crippen LogP contribution in [-0.4, -0.2) is 29.8 Å². The third kappa shape index (κ3) is 3.15. The molecule has 0 bridgehead atoms. The number of nitriles is 1. The molecule has 1 heterocycles. The Balaban J connectivity index is 2.02. The summed E-state index contributed by atoms with van der Waals surface area (Å²) in [5.41, 5.74) is 6.16. The summed E-state index contributed by atoms with van der Waals surface area (Å²) in [5, 5.41) is 8.84. The quantitative estimate of drug-likeness (QED) is 0.892. The number of carbonyl (C=O) groups is 2. The fraction of sp³-hybridized carbons (Fsp3) is 0.333. The maximum Gasteiger partial charge on any atom is 0.249 e. The smallest absolute Gasteiger partial charge is 0.249 e. The summed E-state index contributed by atoms with van der Waals surface area (Å²) in [6, 6.07) is 8.99. The summed E-state index contributed by atoms with van der Waals surface area (Å²) in [5.74, 6) is -0.653. The molecule has 0 aliphatic carbocycles. The molecule has 103 valence electrons. The summed E-state index contributed by atoms with van der Waals surface area (Å²) in [7, 11) is 0. The number of likely N-dealkylation sites (tertiary alicyclic amines) is 1. The molecule has 1 aromatic rings. The fourth-order valence-corrected chi connectivity index (χ4v) is 2.30. The number of nitrogens with zero attached hydrogens (tertiary/aromatic N) is 2. The number of amides is 2. The minimum Gasteiger partial charge on any atom is -0.366 e. The van der Waals surface area contributed by atoms with E-state index in [2.05, 4.69) is 6.07 Å². The highest BCUT2D eigenvalue weighted by atomic mass is 16.2. The standard InChI is InChI=1S/C15H16N3O2/c16-10-11-5-7-18(8-6-11)14(19)9-12-3-1-2-4-13(12)15(17)20/h1-4,9,11H,5-8H2,(H2,17,20). The van der Waals surface area contributed by atoms with Crippen LogP contribution in [0.5, 0.6) is 0 Å². The van der Waals surface area contributed by atoms with Crippen molar-refractivity contribution in [2.45, 2.75) is 12.8 Å². The van der Waals surface area contributed by atoms with Crippen molar-refractivity contribution >= 4 is 11.8 Å². The van der Waals surface area contributed by atoms with E-state index >= 15 is 0 Å². The molecule has 2 N–H and O–H groups in total. The maximum absolute atomic E-state index is 12.2. The van der Waals surface area contributed by atoms with E-state index in [1.54, 1.807) is 29.2 Å². The number of benzene rings is 1. The van der Waals surface area contributed by atoms with Crippen molar-refractivity contribution < 1.29 is 9.59 Å². The molecule has 1 saturated heterocycles. The second kappa shape index (κ2) is 6.20. The van der Waals surface area contributed by atoms with Gasteiger partial charge >= 0.3 is 0 Å². The van der Waals surface area contributed by atoms with E-state index in [0.717, 1.165) is 0 Å². The van der Waals surface area contributed by atoms with Crippen molar-refractivity contribution in [2.24, 2.45) is 11.7 Å². The minimum absolute atomic E-state index is 0.0388. The topological polar surface area (TPSA) is 87.2 Å². The highest BCUT2D eigenvalue weighted by molar-refractivity contribution is 5.98. The van der Waals surface area contributed by atoms with Gasteiger partial charge in [-0.25, -0.2) is 0 Å². The van der Waals surface area contributed by atoms with E-state index in [-0.39, 0.29) is 11.8 Å². The molecule has 0 spiro atoms. The van der Waals surface area contributed by atoms with Gasteiger partial charge in [-0.3, -0.25) is 9.59 Å². The molecule has 1 aromatic carbocycles. The molecule has 2 amide bonds. The number of rotatable bonds is 3. The van der Waals surface area contributed by atoms with Crippen LogP contribution in [-0.2, 0) is 4.79 Å². The lowest BCUT2D eigenvalue weighted by Crippen LogP contribution is -2.38. The Kier molecular flexibility index (Phi) is 4.36. The molecule has 0 atom stereocenters. The Hall–Kier alpha value is -2.35. The average molecular weight is 270 g/mol. The van der Waals surface area contributed by atoms with Gasteiger partial charge in [-0.2, -0.15) is 5.26 Å². The lowest BCUT2D eigenvalue weighted by molar-refractivity contribution is -0.128. The summed E-state index contributed by atoms with van der Waals surface area (Å²) >= 11 is 0. The summed E-state index contributed by atoms with van der Waals surface area (Å²) in [6.07, 6.45) is 2.84. The van der Waals surface area contributed by atoms with Crippen molar-refractivity contribution in [3.05, 3.63) is 41.8 Å². The summed E-state index contributed by atoms with van der Waals surface area (Å²) in [6.45, 7) is 1.15. The first-order chi connectivity index (χ1) is 9.61. The van der Waals surface area contributed by atoms with Crippen LogP contribution in [0.25, 0.3) is 0 Å². The van der Waals surface area contributed by atoms with Gasteiger partial charge in [0.25, 0.3) is 0 Å². The minimum atomic E-state index is -0.548. The number of piperidine rings is 1. The van der Waals surface area contributed by atoms with Gasteiger partial charge in [-0.1, -0.05) is 18.2 Å². The van der Waals surface area contributed by atoms with Crippen LogP contribution in [0.4, 0.5) is 0 Å². The predicted molar refractivity (Wildman–Crippen MR) is 73.3 cm³/mol. The van der Waals surface area contributed by atoms with E-state index < -0.39 is 5.91 Å². The summed E-state index contributed by atoms with van der Waals surface area (Å²) in [4.78, 5) is 25.2. The number of hydrogen-bond acceptors (Lipinski definition) is 3. The zero-order valence-corrected chi connectivity index (χ0v) is 11.1. The molecule has 1 aliphatic rings. The van der Waals surface area contributed by atoms with Gasteiger partial charge in [0.2, 0.25) is 11.8 Å². The van der Waals surface area contributed by atoms with E-state index in [9.17, 15) is 9.59 Å². The normalized spacial score (nSPS) is 15.7. The van der Waals surface area contributed by atoms with Crippen molar-refractivity contribution in [3.63, 3.8) is 0 Å². The first-order valence-electron chi connectivity index (χ1n) is 6.54. The van der Waals surface area contributed by atoms with E-state index in [1.807, 2.05) is 0 Å². The van der Waals surface area contributed by atoms with Gasteiger partial charge in [0.15, 0.2) is 0 Å². The molecule has 0 unspecified atom stereocenters. The van der Waals surface area contributed by atoms with Crippen LogP contribution < -0.4 is 5.73 Å². The van der Waals surface area contributed by atoms with Crippen molar-refractivity contribution in [1.29, 1.82) is 5.26 Å². The van der Waals surface area contributed by atoms with Crippen LogP contribution in [0.15, 0.2) is 24.3 Å². The van der Waals surface area contributed by atoms with Gasteiger partial charge in [0.1, 0.15) is 0 Å². The van der Waals surface area contributed by atoms with Crippen molar-refractivity contribution in [3.8, 4) is 6.07 Å². The third-order valence-corrected chi connectivity index (χ3v) is 3.49. The zero-order valence-electron chi connectivity index (χ0n) is 11.1. The maximum atomic E-state index is 12.2. The molecule has 2 rings (SSSR count). The Morgan fingerprint density at radius 3 is 2.55 bits per heavy atom. The number of primary amides is 1. The lowest BCUT2D eigenvalue weighted by Gasteiger charge is -2.29. The second-order valence-corrected chi connectivity index (χ2v) is 4.82. The van der Waals surface area contributed by atoms with Crippen molar-refractivity contribution in [1.82, 2.24) is 4.90 Å². The molecule has 1 radical (unpaired) electrons. The fourth-order valence-electron chi connectivity index (χ4n) is 2.30. The molecule has 1 fully saturated rings. The molecule has 20 heavy (non-hydrogen) atoms. The van der Waals surface area contributed by atoms with E-state index in [4.69, 9.17) is 11.0 Å². The number of nitrogens with two attached hydrogens (primary N) is 1. The number of carbonyl (C=O) groups excluding carboxylic acids is 2. The molecule has 5 heteroatoms. The van der Waals surface area contributed by atoms with Crippen LogP contribution in [0.3, 0.4) is 0 Å². The van der Waals surface area contributed by atoms with E-state index in [1.165, 1.54) is 6.42 Å². The zero-order chi connectivity index (χ0) is 14.5. The summed E-state index contributed by atoms with van der Waals surface area (Å²) < 4.78 is 0. The van der Waals surface area contributed by atoms with Gasteiger partial charge in [-0.15, -0.1) is 0 Å². The van der Waals surface area contributed by atoms with Crippen LogP contribution >= 0.6 is 0 Å². The monoisotopic (exact) mass is 270 g/mol. The van der Waals surface area contributed by atoms with Gasteiger partial charge in [-0.05, 0) is 24.5 Å². The van der Waals surface area contributed by atoms with Crippen LogP contribution in [0.2, 0.25) is 0 Å². The lowest BCUT2D eigenvalue weighted by atomic mass is 9.97. The molecular formula is C15H16N3O2. The third-order valence-electron chi connectivity index (χ3n) is 3.49. The second-order valence-electron chi connectivity index (χ2n) is 4.82. The van der Waals surface area contributed by atoms with Crippen LogP contribution in [0.1, 0.15) is 28.8 Å². The van der Waals surface area contributed by atoms with Crippen molar-refractivity contribution in [2.75, 3.05) is 13.1 Å². The Morgan fingerprint density at radius 1 is 1.30 bits per heavy atom. The molecule has 0 saturated carbocycles. The van der Waals surface area contributed by atoms with Gasteiger partial charge in [0, 0.05) is 24.6 Å². The SMILES string of the molecule is N#CC1CCN(C(=O)[CH]c2ccccc2C(N)=O)CC1. The first-order valence-corrected chi connectivity index (χ1v) is 6.54. The van der Waals surface area contributed by atoms with Crippen LogP contribution in [0, 0.1) is 23.7 Å². The average Bonchev–Trinajstić information content (AvgIpc) is 2.47. The molecule has 1 aliphatic heterocycles. The largest absolute Gasteiger partial charge is 0.366 e. The Morgan fingerprint density at radius 2 is 1.95 bits per heavy atom. The van der Waals surface area contributed by atoms with Gasteiger partial charge < -0.3 is 10.6 Å². The molecule has 5 nitrogen and oxygen atoms in total. The molecule has 0 aromatic heterocycles. The predicted octanol–water partition coefficient (Wildman–Crippen LogP) is 1.10. The highest BCUT2D eigenvalue weighted by Gasteiger charge is 2.23. The Bertz CT molecular complexity index is 554. The molecular weight excluding hydrogens is 254 g/mol. The number of hydrogen-bond donors (Lipinski definition) is 1. The first kappa shape index (κ1) is 14.1. The Labute approximate surface area is 118 Å². The van der Waals surface area contributed by atoms with Gasteiger partial charge in [0.05, 0.1) is 12.5 Å².